The summed E-state index contributed by atoms with van der Waals surface area (Å²) < 4.78 is 96.8. The standard InChI is InChI=1S/C16H13BF6O4/c1-24-11-3-9(15(18,19)20)5-13(7-11)26-17-27-14-6-10(16(21,22)23)4-12(8-14)25-2/h3-8,17H,1-2H3. The Morgan fingerprint density at radius 3 is 1.22 bits per heavy atom. The molecule has 0 aliphatic carbocycles. The van der Waals surface area contributed by atoms with Crippen LogP contribution in [0.1, 0.15) is 11.1 Å². The molecule has 0 amide bonds. The first-order valence-corrected chi connectivity index (χ1v) is 7.31. The quantitative estimate of drug-likeness (QED) is 0.536. The predicted molar refractivity (Wildman–Crippen MR) is 84.4 cm³/mol. The van der Waals surface area contributed by atoms with Crippen LogP contribution in [0.5, 0.6) is 23.0 Å². The van der Waals surface area contributed by atoms with Gasteiger partial charge in [0.15, 0.2) is 0 Å². The fourth-order valence-corrected chi connectivity index (χ4v) is 2.04. The lowest BCUT2D eigenvalue weighted by Gasteiger charge is -2.14. The molecule has 0 saturated heterocycles. The lowest BCUT2D eigenvalue weighted by molar-refractivity contribution is -0.138. The molecule has 0 bridgehead atoms. The first-order chi connectivity index (χ1) is 12.5. The molecule has 0 aliphatic heterocycles. The summed E-state index contributed by atoms with van der Waals surface area (Å²) in [5, 5.41) is 0. The minimum Gasteiger partial charge on any atom is -0.528 e. The number of hydrogen-bond acceptors (Lipinski definition) is 4. The molecule has 2 aromatic carbocycles. The zero-order valence-corrected chi connectivity index (χ0v) is 14.1. The van der Waals surface area contributed by atoms with Gasteiger partial charge in [-0.25, -0.2) is 0 Å². The molecule has 11 heteroatoms. The summed E-state index contributed by atoms with van der Waals surface area (Å²) >= 11 is 0. The van der Waals surface area contributed by atoms with Crippen LogP contribution in [-0.4, -0.2) is 21.9 Å². The fourth-order valence-electron chi connectivity index (χ4n) is 2.04. The minimum atomic E-state index is -4.62. The smallest absolute Gasteiger partial charge is 0.528 e. The Kier molecular flexibility index (Phi) is 6.02. The van der Waals surface area contributed by atoms with E-state index in [1.807, 2.05) is 0 Å². The van der Waals surface area contributed by atoms with Crippen molar-refractivity contribution in [2.45, 2.75) is 12.4 Å². The van der Waals surface area contributed by atoms with Crippen LogP contribution in [0.15, 0.2) is 36.4 Å². The maximum absolute atomic E-state index is 12.8. The van der Waals surface area contributed by atoms with Gasteiger partial charge in [-0.1, -0.05) is 0 Å². The van der Waals surface area contributed by atoms with E-state index in [1.54, 1.807) is 0 Å². The maximum Gasteiger partial charge on any atom is 0.576 e. The van der Waals surface area contributed by atoms with Crippen molar-refractivity contribution in [1.29, 1.82) is 0 Å². The van der Waals surface area contributed by atoms with Crippen LogP contribution < -0.4 is 18.8 Å². The van der Waals surface area contributed by atoms with E-state index in [1.165, 1.54) is 26.4 Å². The minimum absolute atomic E-state index is 0.0967. The molecule has 146 valence electrons. The van der Waals surface area contributed by atoms with E-state index < -0.39 is 31.2 Å². The summed E-state index contributed by atoms with van der Waals surface area (Å²) in [6.45, 7) is 0. The Morgan fingerprint density at radius 2 is 0.926 bits per heavy atom. The SMILES string of the molecule is COc1cc(OBOc2cc(OC)cc(C(F)(F)F)c2)cc(C(F)(F)F)c1. The van der Waals surface area contributed by atoms with Gasteiger partial charge in [-0.05, 0) is 24.3 Å². The Morgan fingerprint density at radius 1 is 0.593 bits per heavy atom. The Bertz CT molecular complexity index is 726. The van der Waals surface area contributed by atoms with Crippen LogP contribution in [0.3, 0.4) is 0 Å². The molecule has 0 N–H and O–H groups in total. The molecule has 2 rings (SSSR count). The van der Waals surface area contributed by atoms with Crippen LogP contribution in [0.2, 0.25) is 0 Å². The molecule has 0 fully saturated rings. The summed E-state index contributed by atoms with van der Waals surface area (Å²) in [5.41, 5.74) is -2.00. The van der Waals surface area contributed by atoms with Gasteiger partial charge in [-0.15, -0.1) is 0 Å². The Balaban J connectivity index is 2.15. The second-order valence-corrected chi connectivity index (χ2v) is 5.20. The van der Waals surface area contributed by atoms with E-state index in [2.05, 4.69) is 0 Å². The molecular weight excluding hydrogens is 381 g/mol. The predicted octanol–water partition coefficient (Wildman–Crippen LogP) is 4.47. The highest BCUT2D eigenvalue weighted by molar-refractivity contribution is 6.20. The molecule has 27 heavy (non-hydrogen) atoms. The van der Waals surface area contributed by atoms with Crippen LogP contribution in [0, 0.1) is 0 Å². The van der Waals surface area contributed by atoms with E-state index in [0.717, 1.165) is 24.3 Å². The number of alkyl halides is 6. The number of hydrogen-bond donors (Lipinski definition) is 0. The monoisotopic (exact) mass is 394 g/mol. The van der Waals surface area contributed by atoms with E-state index in [-0.39, 0.29) is 23.0 Å². The van der Waals surface area contributed by atoms with Gasteiger partial charge in [0.2, 0.25) is 0 Å². The molecule has 0 aliphatic rings. The third kappa shape index (κ3) is 5.63. The molecule has 0 saturated carbocycles. The lowest BCUT2D eigenvalue weighted by atomic mass is 10.1. The second kappa shape index (κ2) is 7.89. The van der Waals surface area contributed by atoms with Gasteiger partial charge in [0, 0.05) is 12.1 Å². The average molecular weight is 394 g/mol. The van der Waals surface area contributed by atoms with Gasteiger partial charge in [-0.3, -0.25) is 0 Å². The zero-order valence-electron chi connectivity index (χ0n) is 14.1. The first-order valence-electron chi connectivity index (χ1n) is 7.31. The molecule has 0 spiro atoms. The highest BCUT2D eigenvalue weighted by Crippen LogP contribution is 2.36. The summed E-state index contributed by atoms with van der Waals surface area (Å²) in [4.78, 5) is 0. The maximum atomic E-state index is 12.8. The van der Waals surface area contributed by atoms with Crippen molar-refractivity contribution in [3.8, 4) is 23.0 Å². The topological polar surface area (TPSA) is 36.9 Å². The van der Waals surface area contributed by atoms with Gasteiger partial charge >= 0.3 is 20.0 Å². The highest BCUT2D eigenvalue weighted by atomic mass is 19.4. The summed E-state index contributed by atoms with van der Waals surface area (Å²) in [6, 6.07) is 5.38. The molecule has 0 atom stereocenters. The first kappa shape index (κ1) is 20.6. The molecule has 0 aromatic heterocycles. The van der Waals surface area contributed by atoms with Crippen molar-refractivity contribution in [3.63, 3.8) is 0 Å². The molecular formula is C16H13BF6O4. The number of methoxy groups -OCH3 is 2. The number of benzene rings is 2. The van der Waals surface area contributed by atoms with Crippen molar-refractivity contribution >= 4 is 7.69 Å². The van der Waals surface area contributed by atoms with Crippen molar-refractivity contribution < 1.29 is 45.1 Å². The van der Waals surface area contributed by atoms with Crippen LogP contribution >= 0.6 is 0 Å². The van der Waals surface area contributed by atoms with Crippen molar-refractivity contribution in [1.82, 2.24) is 0 Å². The molecule has 0 heterocycles. The van der Waals surface area contributed by atoms with E-state index in [4.69, 9.17) is 18.8 Å². The second-order valence-electron chi connectivity index (χ2n) is 5.20. The summed E-state index contributed by atoms with van der Waals surface area (Å²) in [5.74, 6) is -0.637. The average Bonchev–Trinajstić information content (AvgIpc) is 2.59. The van der Waals surface area contributed by atoms with Gasteiger partial charge in [0.25, 0.3) is 0 Å². The molecule has 4 nitrogen and oxygen atoms in total. The fraction of sp³-hybridized carbons (Fsp3) is 0.250. The van der Waals surface area contributed by atoms with Crippen LogP contribution in [0.4, 0.5) is 26.3 Å². The van der Waals surface area contributed by atoms with Crippen molar-refractivity contribution in [2.24, 2.45) is 0 Å². The summed E-state index contributed by atoms with van der Waals surface area (Å²) in [7, 11) is 1.74. The number of halogens is 6. The zero-order chi connectivity index (χ0) is 20.2. The van der Waals surface area contributed by atoms with Gasteiger partial charge < -0.3 is 18.8 Å². The third-order valence-electron chi connectivity index (χ3n) is 3.34. The van der Waals surface area contributed by atoms with E-state index in [9.17, 15) is 26.3 Å². The number of ether oxygens (including phenoxy) is 2. The highest BCUT2D eigenvalue weighted by Gasteiger charge is 2.32. The van der Waals surface area contributed by atoms with Crippen molar-refractivity contribution in [2.75, 3.05) is 14.2 Å². The van der Waals surface area contributed by atoms with Crippen LogP contribution in [-0.2, 0) is 12.4 Å². The van der Waals surface area contributed by atoms with Crippen LogP contribution in [0.25, 0.3) is 0 Å². The third-order valence-corrected chi connectivity index (χ3v) is 3.34. The number of rotatable bonds is 6. The van der Waals surface area contributed by atoms with Gasteiger partial charge in [0.05, 0.1) is 25.3 Å². The van der Waals surface area contributed by atoms with E-state index in [0.29, 0.717) is 0 Å². The normalized spacial score (nSPS) is 11.7. The van der Waals surface area contributed by atoms with Gasteiger partial charge in [0.1, 0.15) is 23.0 Å². The van der Waals surface area contributed by atoms with E-state index >= 15 is 0 Å². The van der Waals surface area contributed by atoms with Crippen molar-refractivity contribution in [3.05, 3.63) is 47.5 Å². The lowest BCUT2D eigenvalue weighted by Crippen LogP contribution is -2.13. The van der Waals surface area contributed by atoms with Gasteiger partial charge in [-0.2, -0.15) is 26.3 Å². The summed E-state index contributed by atoms with van der Waals surface area (Å²) in [6.07, 6.45) is -9.25. The largest absolute Gasteiger partial charge is 0.576 e. The Labute approximate surface area is 150 Å². The molecule has 0 radical (unpaired) electrons. The molecule has 0 unspecified atom stereocenters. The Hall–Kier alpha value is -2.72. The molecule has 2 aromatic rings.